The highest BCUT2D eigenvalue weighted by Gasteiger charge is 2.21. The number of pyridine rings is 1. The van der Waals surface area contributed by atoms with Crippen LogP contribution in [0.1, 0.15) is 42.3 Å². The third kappa shape index (κ3) is 7.61. The third-order valence-corrected chi connectivity index (χ3v) is 5.80. The number of ether oxygens (including phenoxy) is 2. The number of anilines is 1. The van der Waals surface area contributed by atoms with Gasteiger partial charge in [0.2, 0.25) is 0 Å². The summed E-state index contributed by atoms with van der Waals surface area (Å²) in [7, 11) is 0. The highest BCUT2D eigenvalue weighted by molar-refractivity contribution is 6.09. The number of amides is 2. The number of azide groups is 1. The zero-order valence-electron chi connectivity index (χ0n) is 22.8. The number of nitrogens with zero attached hydrogens (tertiary/aromatic N) is 5. The van der Waals surface area contributed by atoms with Crippen molar-refractivity contribution in [1.82, 2.24) is 14.9 Å². The predicted molar refractivity (Wildman–Crippen MR) is 153 cm³/mol. The van der Waals surface area contributed by atoms with Gasteiger partial charge in [-0.2, -0.15) is 0 Å². The molecule has 2 heterocycles. The quantitative estimate of drug-likeness (QED) is 0.144. The maximum absolute atomic E-state index is 13.1. The molecule has 0 unspecified atom stereocenters. The van der Waals surface area contributed by atoms with Crippen molar-refractivity contribution in [1.29, 1.82) is 0 Å². The molecule has 2 amide bonds. The number of hydrogen-bond donors (Lipinski definition) is 2. The minimum atomic E-state index is -0.684. The standard InChI is InChI=1S/C29H29N7O5/c1-29(2,3)41-28(39)36-16-13-22-23(12-15-31-25(22)36)33-26(37)21-10-9-20(24(17-21)34-35-30)11-14-32-27(38)40-18-19-7-5-4-6-8-19/h4-10,12-13,15-17H,11,14,18H2,1-3H3,(H,32,38)(H,31,33,37). The first-order valence-corrected chi connectivity index (χ1v) is 12.8. The summed E-state index contributed by atoms with van der Waals surface area (Å²) in [5.74, 6) is -0.453. The van der Waals surface area contributed by atoms with Crippen molar-refractivity contribution in [3.05, 3.63) is 100 Å². The van der Waals surface area contributed by atoms with E-state index in [9.17, 15) is 14.4 Å². The number of carbonyl (C=O) groups excluding carboxylic acids is 3. The van der Waals surface area contributed by atoms with E-state index in [-0.39, 0.29) is 24.4 Å². The monoisotopic (exact) mass is 555 g/mol. The third-order valence-electron chi connectivity index (χ3n) is 5.80. The van der Waals surface area contributed by atoms with Crippen LogP contribution in [0.15, 0.2) is 78.2 Å². The molecule has 12 nitrogen and oxygen atoms in total. The van der Waals surface area contributed by atoms with Crippen LogP contribution in [0.25, 0.3) is 21.5 Å². The molecule has 2 N–H and O–H groups in total. The average Bonchev–Trinajstić information content (AvgIpc) is 3.38. The Morgan fingerprint density at radius 2 is 1.85 bits per heavy atom. The summed E-state index contributed by atoms with van der Waals surface area (Å²) in [4.78, 5) is 44.8. The number of alkyl carbamates (subject to hydrolysis) is 1. The fourth-order valence-electron chi connectivity index (χ4n) is 3.93. The van der Waals surface area contributed by atoms with Gasteiger partial charge in [0.25, 0.3) is 5.91 Å². The first-order chi connectivity index (χ1) is 19.6. The lowest BCUT2D eigenvalue weighted by Gasteiger charge is -2.19. The number of aromatic nitrogens is 2. The number of carbonyl (C=O) groups is 3. The molecule has 0 spiro atoms. The summed E-state index contributed by atoms with van der Waals surface area (Å²) in [6.45, 7) is 5.68. The van der Waals surface area contributed by atoms with Crippen LogP contribution in [-0.4, -0.2) is 39.8 Å². The molecule has 0 aliphatic carbocycles. The number of hydrogen-bond acceptors (Lipinski definition) is 7. The molecule has 0 atom stereocenters. The van der Waals surface area contributed by atoms with Crippen LogP contribution >= 0.6 is 0 Å². The summed E-state index contributed by atoms with van der Waals surface area (Å²) in [5.41, 5.74) is 11.2. The van der Waals surface area contributed by atoms with Crippen molar-refractivity contribution < 1.29 is 23.9 Å². The Morgan fingerprint density at radius 1 is 1.07 bits per heavy atom. The second-order valence-electron chi connectivity index (χ2n) is 9.99. The summed E-state index contributed by atoms with van der Waals surface area (Å²) in [6.07, 6.45) is 2.20. The summed E-state index contributed by atoms with van der Waals surface area (Å²) < 4.78 is 11.9. The zero-order valence-corrected chi connectivity index (χ0v) is 22.8. The molecule has 0 radical (unpaired) electrons. The molecule has 41 heavy (non-hydrogen) atoms. The molecular formula is C29H29N7O5. The zero-order chi connectivity index (χ0) is 29.4. The smallest absolute Gasteiger partial charge is 0.420 e. The molecule has 2 aromatic heterocycles. The Labute approximate surface area is 235 Å². The van der Waals surface area contributed by atoms with Gasteiger partial charge in [0.1, 0.15) is 12.2 Å². The molecule has 0 bridgehead atoms. The van der Waals surface area contributed by atoms with E-state index in [4.69, 9.17) is 15.0 Å². The van der Waals surface area contributed by atoms with Gasteiger partial charge in [-0.15, -0.1) is 0 Å². The Balaban J connectivity index is 1.41. The van der Waals surface area contributed by atoms with Gasteiger partial charge < -0.3 is 20.1 Å². The van der Waals surface area contributed by atoms with Gasteiger partial charge in [0.15, 0.2) is 5.65 Å². The maximum atomic E-state index is 13.1. The van der Waals surface area contributed by atoms with Crippen LogP contribution in [0.3, 0.4) is 0 Å². The van der Waals surface area contributed by atoms with Gasteiger partial charge in [-0.3, -0.25) is 4.79 Å². The predicted octanol–water partition coefficient (Wildman–Crippen LogP) is 6.48. The lowest BCUT2D eigenvalue weighted by molar-refractivity contribution is 0.0543. The molecule has 0 aliphatic rings. The highest BCUT2D eigenvalue weighted by Crippen LogP contribution is 2.26. The van der Waals surface area contributed by atoms with E-state index in [0.29, 0.717) is 28.7 Å². The van der Waals surface area contributed by atoms with Crippen LogP contribution in [0.5, 0.6) is 0 Å². The molecule has 0 saturated carbocycles. The van der Waals surface area contributed by atoms with E-state index in [1.165, 1.54) is 23.0 Å². The lowest BCUT2D eigenvalue weighted by Crippen LogP contribution is -2.26. The second kappa shape index (κ2) is 12.7. The van der Waals surface area contributed by atoms with Crippen LogP contribution in [0.2, 0.25) is 0 Å². The molecule has 12 heteroatoms. The Bertz CT molecular complexity index is 1620. The number of nitrogens with one attached hydrogen (secondary N) is 2. The van der Waals surface area contributed by atoms with Gasteiger partial charge in [-0.1, -0.05) is 41.5 Å². The molecule has 210 valence electrons. The van der Waals surface area contributed by atoms with Gasteiger partial charge in [0.05, 0.1) is 5.69 Å². The fourth-order valence-corrected chi connectivity index (χ4v) is 3.93. The van der Waals surface area contributed by atoms with Crippen molar-refractivity contribution in [3.8, 4) is 0 Å². The van der Waals surface area contributed by atoms with E-state index in [2.05, 4.69) is 25.6 Å². The molecule has 4 rings (SSSR count). The largest absolute Gasteiger partial charge is 0.445 e. The van der Waals surface area contributed by atoms with Crippen LogP contribution in [-0.2, 0) is 22.5 Å². The second-order valence-corrected chi connectivity index (χ2v) is 9.99. The molecule has 2 aromatic carbocycles. The number of fused-ring (bicyclic) bond motifs is 1. The Kier molecular flexibility index (Phi) is 8.85. The summed E-state index contributed by atoms with van der Waals surface area (Å²) >= 11 is 0. The van der Waals surface area contributed by atoms with E-state index >= 15 is 0 Å². The van der Waals surface area contributed by atoms with E-state index in [0.717, 1.165) is 5.56 Å². The van der Waals surface area contributed by atoms with Crippen LogP contribution < -0.4 is 10.6 Å². The van der Waals surface area contributed by atoms with Crippen LogP contribution in [0.4, 0.5) is 21.0 Å². The molecule has 4 aromatic rings. The molecular weight excluding hydrogens is 526 g/mol. The van der Waals surface area contributed by atoms with E-state index in [1.807, 2.05) is 30.3 Å². The van der Waals surface area contributed by atoms with Crippen molar-refractivity contribution in [3.63, 3.8) is 0 Å². The highest BCUT2D eigenvalue weighted by atomic mass is 16.6. The summed E-state index contributed by atoms with van der Waals surface area (Å²) in [6, 6.07) is 17.3. The molecule has 0 fully saturated rings. The van der Waals surface area contributed by atoms with Gasteiger partial charge in [0, 0.05) is 40.5 Å². The van der Waals surface area contributed by atoms with Crippen molar-refractivity contribution in [2.45, 2.75) is 39.4 Å². The summed E-state index contributed by atoms with van der Waals surface area (Å²) in [5, 5.41) is 9.76. The Morgan fingerprint density at radius 3 is 2.59 bits per heavy atom. The first-order valence-electron chi connectivity index (χ1n) is 12.8. The lowest BCUT2D eigenvalue weighted by atomic mass is 10.1. The van der Waals surface area contributed by atoms with Gasteiger partial charge >= 0.3 is 12.2 Å². The maximum Gasteiger partial charge on any atom is 0.420 e. The normalized spacial score (nSPS) is 10.9. The van der Waals surface area contributed by atoms with Crippen LogP contribution in [0, 0.1) is 0 Å². The fraction of sp³-hybridized carbons (Fsp3) is 0.241. The van der Waals surface area contributed by atoms with Crippen molar-refractivity contribution >= 4 is 40.5 Å². The van der Waals surface area contributed by atoms with Gasteiger partial charge in [-0.25, -0.2) is 19.1 Å². The minimum absolute atomic E-state index is 0.149. The van der Waals surface area contributed by atoms with E-state index < -0.39 is 23.7 Å². The van der Waals surface area contributed by atoms with Crippen molar-refractivity contribution in [2.75, 3.05) is 11.9 Å². The Hall–Kier alpha value is -5.35. The molecule has 0 aliphatic heterocycles. The minimum Gasteiger partial charge on any atom is -0.445 e. The van der Waals surface area contributed by atoms with E-state index in [1.54, 1.807) is 45.0 Å². The SMILES string of the molecule is CC(C)(C)OC(=O)n1ccc2c(NC(=O)c3ccc(CCNC(=O)OCc4ccccc4)c(N=[N+]=[N-])c3)ccnc21. The topological polar surface area (TPSA) is 160 Å². The van der Waals surface area contributed by atoms with Crippen molar-refractivity contribution in [2.24, 2.45) is 5.11 Å². The number of rotatable bonds is 8. The molecule has 0 saturated heterocycles. The number of benzene rings is 2. The average molecular weight is 556 g/mol. The first kappa shape index (κ1) is 28.7. The van der Waals surface area contributed by atoms with Gasteiger partial charge in [-0.05, 0) is 68.1 Å².